The Balaban J connectivity index is 0.000000297. The molecule has 5 heterocycles. The Labute approximate surface area is 322 Å². The van der Waals surface area contributed by atoms with E-state index in [2.05, 4.69) is 20.2 Å². The van der Waals surface area contributed by atoms with Gasteiger partial charge in [-0.05, 0) is 63.3 Å². The van der Waals surface area contributed by atoms with Gasteiger partial charge in [0.15, 0.2) is 5.82 Å². The number of halogens is 6. The van der Waals surface area contributed by atoms with Crippen molar-refractivity contribution in [2.45, 2.75) is 98.5 Å². The van der Waals surface area contributed by atoms with Gasteiger partial charge in [0.05, 0.1) is 22.9 Å². The fourth-order valence-corrected chi connectivity index (χ4v) is 7.76. The number of ether oxygens (including phenoxy) is 1. The Morgan fingerprint density at radius 1 is 1.09 bits per heavy atom. The van der Waals surface area contributed by atoms with Gasteiger partial charge in [0.1, 0.15) is 34.4 Å². The number of hydrogen-bond acceptors (Lipinski definition) is 9. The van der Waals surface area contributed by atoms with Crippen LogP contribution in [0.15, 0.2) is 18.2 Å². The van der Waals surface area contributed by atoms with Gasteiger partial charge in [-0.3, -0.25) is 9.69 Å². The number of nitrogens with one attached hydrogen (secondary N) is 1. The number of thiophene rings is 1. The maximum atomic E-state index is 15.9. The first-order chi connectivity index (χ1) is 26.3. The van der Waals surface area contributed by atoms with Gasteiger partial charge in [-0.1, -0.05) is 40.7 Å². The minimum Gasteiger partial charge on any atom is -0.467 e. The van der Waals surface area contributed by atoms with Gasteiger partial charge in [0.2, 0.25) is 5.91 Å². The van der Waals surface area contributed by atoms with Crippen LogP contribution in [-0.2, 0) is 11.0 Å². The number of carbonyl (C=O) groups excluding carboxylic acids is 1. The van der Waals surface area contributed by atoms with Gasteiger partial charge in [0.25, 0.3) is 0 Å². The first-order valence-electron chi connectivity index (χ1n) is 18.8. The van der Waals surface area contributed by atoms with Crippen molar-refractivity contribution in [3.05, 3.63) is 41.0 Å². The lowest BCUT2D eigenvalue weighted by molar-refractivity contribution is -0.137. The molecule has 16 heteroatoms. The van der Waals surface area contributed by atoms with Crippen molar-refractivity contribution in [3.8, 4) is 23.2 Å². The minimum atomic E-state index is -5.00. The molecule has 7 rings (SSSR count). The molecule has 0 aliphatic carbocycles. The van der Waals surface area contributed by atoms with Crippen molar-refractivity contribution in [2.75, 3.05) is 50.9 Å². The molecule has 3 aliphatic rings. The molecule has 55 heavy (non-hydrogen) atoms. The summed E-state index contributed by atoms with van der Waals surface area (Å²) >= 11 is 0.698. The lowest BCUT2D eigenvalue weighted by atomic mass is 9.92. The SMILES string of the molecule is CC.CC.CCC(=O)N1CCCC1.CCNc1nc(OC)nc2c(F)c(-c3ccc(F)c4sc(N)c(C#N)c34)c(C(F)(F)F)cc12.FC1CC2CCCN2C1. The summed E-state index contributed by atoms with van der Waals surface area (Å²) in [5.41, 5.74) is 2.59. The highest BCUT2D eigenvalue weighted by molar-refractivity contribution is 7.23. The van der Waals surface area contributed by atoms with E-state index >= 15 is 4.39 Å². The maximum Gasteiger partial charge on any atom is 0.417 e. The molecule has 9 nitrogen and oxygen atoms in total. The number of likely N-dealkylation sites (tertiary alicyclic amines) is 1. The molecule has 3 aliphatic heterocycles. The quantitative estimate of drug-likeness (QED) is 0.192. The average molecular weight is 796 g/mol. The number of anilines is 2. The van der Waals surface area contributed by atoms with Crippen molar-refractivity contribution in [1.29, 1.82) is 5.26 Å². The molecule has 2 atom stereocenters. The van der Waals surface area contributed by atoms with Crippen molar-refractivity contribution in [2.24, 2.45) is 0 Å². The second kappa shape index (κ2) is 20.5. The third kappa shape index (κ3) is 10.3. The smallest absolute Gasteiger partial charge is 0.417 e. The molecule has 3 saturated heterocycles. The van der Waals surface area contributed by atoms with Crippen LogP contribution < -0.4 is 15.8 Å². The third-order valence-electron chi connectivity index (χ3n) is 9.16. The van der Waals surface area contributed by atoms with Gasteiger partial charge in [-0.2, -0.15) is 28.4 Å². The van der Waals surface area contributed by atoms with E-state index in [1.807, 2.05) is 39.5 Å². The summed E-state index contributed by atoms with van der Waals surface area (Å²) in [6, 6.07) is 4.75. The number of alkyl halides is 4. The molecule has 3 fully saturated rings. The van der Waals surface area contributed by atoms with Crippen molar-refractivity contribution in [3.63, 3.8) is 0 Å². The number of nitrogen functional groups attached to an aromatic ring is 1. The summed E-state index contributed by atoms with van der Waals surface area (Å²) in [5, 5.41) is 11.8. The Kier molecular flexibility index (Phi) is 16.8. The molecule has 3 N–H and O–H groups in total. The first kappa shape index (κ1) is 45.0. The number of aromatic nitrogens is 2. The molecule has 0 spiro atoms. The molecule has 0 saturated carbocycles. The highest BCUT2D eigenvalue weighted by Crippen LogP contribution is 2.47. The van der Waals surface area contributed by atoms with Gasteiger partial charge < -0.3 is 20.7 Å². The number of rotatable bonds is 5. The fraction of sp³-hybridized carbons (Fsp3) is 0.538. The number of nitriles is 1. The molecular formula is C39H51F6N7O2S. The molecule has 2 aromatic carbocycles. The van der Waals surface area contributed by atoms with Crippen LogP contribution in [0.25, 0.3) is 32.1 Å². The fourth-order valence-electron chi connectivity index (χ4n) is 6.81. The van der Waals surface area contributed by atoms with E-state index in [9.17, 15) is 32.0 Å². The summed E-state index contributed by atoms with van der Waals surface area (Å²) in [4.78, 5) is 23.1. The Hall–Kier alpha value is -4.36. The van der Waals surface area contributed by atoms with Crippen LogP contribution in [0.5, 0.6) is 6.01 Å². The lowest BCUT2D eigenvalue weighted by Crippen LogP contribution is -2.26. The van der Waals surface area contributed by atoms with E-state index in [0.717, 1.165) is 44.3 Å². The Morgan fingerprint density at radius 3 is 2.33 bits per heavy atom. The van der Waals surface area contributed by atoms with Crippen LogP contribution >= 0.6 is 11.3 Å². The van der Waals surface area contributed by atoms with E-state index in [1.165, 1.54) is 32.8 Å². The highest BCUT2D eigenvalue weighted by atomic mass is 32.1. The van der Waals surface area contributed by atoms with Gasteiger partial charge in [0, 0.05) is 55.0 Å². The summed E-state index contributed by atoms with van der Waals surface area (Å²) in [6.45, 7) is 15.7. The normalized spacial score (nSPS) is 17.4. The van der Waals surface area contributed by atoms with Crippen LogP contribution in [0.2, 0.25) is 0 Å². The topological polar surface area (TPSA) is 120 Å². The zero-order valence-corrected chi connectivity index (χ0v) is 33.3. The number of nitrogens with zero attached hydrogens (tertiary/aromatic N) is 5. The van der Waals surface area contributed by atoms with Gasteiger partial charge >= 0.3 is 12.2 Å². The van der Waals surface area contributed by atoms with Crippen LogP contribution in [0, 0.1) is 23.0 Å². The second-order valence-electron chi connectivity index (χ2n) is 12.4. The summed E-state index contributed by atoms with van der Waals surface area (Å²) < 4.78 is 90.2. The van der Waals surface area contributed by atoms with Crippen LogP contribution in [0.1, 0.15) is 91.2 Å². The molecule has 0 bridgehead atoms. The number of methoxy groups -OCH3 is 1. The van der Waals surface area contributed by atoms with Gasteiger partial charge in [-0.25, -0.2) is 13.2 Å². The van der Waals surface area contributed by atoms with Crippen molar-refractivity contribution >= 4 is 49.1 Å². The average Bonchev–Trinajstić information content (AvgIpc) is 3.99. The Bertz CT molecular complexity index is 1930. The monoisotopic (exact) mass is 795 g/mol. The lowest BCUT2D eigenvalue weighted by Gasteiger charge is -2.18. The summed E-state index contributed by atoms with van der Waals surface area (Å²) in [7, 11) is 1.23. The number of carbonyl (C=O) groups is 1. The molecule has 1 amide bonds. The van der Waals surface area contributed by atoms with Crippen LogP contribution in [-0.4, -0.2) is 77.7 Å². The van der Waals surface area contributed by atoms with Crippen molar-refractivity contribution in [1.82, 2.24) is 19.8 Å². The zero-order valence-electron chi connectivity index (χ0n) is 32.5. The van der Waals surface area contributed by atoms with E-state index in [4.69, 9.17) is 10.5 Å². The number of benzene rings is 2. The van der Waals surface area contributed by atoms with E-state index in [-0.39, 0.29) is 50.0 Å². The predicted molar refractivity (Wildman–Crippen MR) is 208 cm³/mol. The minimum absolute atomic E-state index is 0.0444. The van der Waals surface area contributed by atoms with Gasteiger partial charge in [-0.15, -0.1) is 11.3 Å². The molecule has 2 aromatic heterocycles. The highest BCUT2D eigenvalue weighted by Gasteiger charge is 2.38. The number of nitrogens with two attached hydrogens (primary N) is 1. The predicted octanol–water partition coefficient (Wildman–Crippen LogP) is 9.97. The number of amides is 1. The second-order valence-corrected chi connectivity index (χ2v) is 13.5. The molecular weight excluding hydrogens is 745 g/mol. The van der Waals surface area contributed by atoms with E-state index < -0.39 is 40.6 Å². The number of hydrogen-bond donors (Lipinski definition) is 2. The largest absolute Gasteiger partial charge is 0.467 e. The molecule has 4 aromatic rings. The number of fused-ring (bicyclic) bond motifs is 3. The molecule has 302 valence electrons. The Morgan fingerprint density at radius 2 is 1.76 bits per heavy atom. The summed E-state index contributed by atoms with van der Waals surface area (Å²) in [5.74, 6) is -1.84. The van der Waals surface area contributed by atoms with E-state index in [1.54, 1.807) is 13.0 Å². The first-order valence-corrected chi connectivity index (χ1v) is 19.6. The standard InChI is InChI=1S/C21H14F5N5OS.C7H12FN.C7H13NO.2C2H6/c1-3-29-19-9-6-11(21(24,25)26)14(15(23)16(9)30-20(31-19)32-2)8-4-5-12(22)17-13(8)10(7-27)18(28)33-17;8-6-4-7-2-1-3-9(7)5-6;1-2-7(9)8-5-3-4-6-8;2*1-2/h4-6H,3,28H2,1-2H3,(H,29,30,31);6-7H,1-5H2;2-6H2,1H3;2*1-2H3. The molecule has 2 unspecified atom stereocenters. The zero-order chi connectivity index (χ0) is 41.0. The van der Waals surface area contributed by atoms with Crippen LogP contribution in [0.4, 0.5) is 37.2 Å². The van der Waals surface area contributed by atoms with E-state index in [0.29, 0.717) is 36.3 Å². The maximum absolute atomic E-state index is 15.9. The summed E-state index contributed by atoms with van der Waals surface area (Å²) in [6.07, 6.45) is 0.883. The molecule has 0 radical (unpaired) electrons. The van der Waals surface area contributed by atoms with Crippen LogP contribution in [0.3, 0.4) is 0 Å². The van der Waals surface area contributed by atoms with Crippen molar-refractivity contribution < 1.29 is 35.9 Å². The third-order valence-corrected chi connectivity index (χ3v) is 10.2.